The fraction of sp³-hybridized carbons (Fsp3) is 0.500. The van der Waals surface area contributed by atoms with Gasteiger partial charge in [-0.25, -0.2) is 4.98 Å². The van der Waals surface area contributed by atoms with Crippen LogP contribution in [0.3, 0.4) is 0 Å². The Kier molecular flexibility index (Phi) is 0.870. The second-order valence-electron chi connectivity index (χ2n) is 2.82. The third-order valence-corrected chi connectivity index (χ3v) is 1.96. The molecule has 0 amide bonds. The van der Waals surface area contributed by atoms with Crippen LogP contribution in [-0.2, 0) is 5.54 Å². The SMILES string of the molecule is Nc1nc[nH]c1C1(N)CC1. The summed E-state index contributed by atoms with van der Waals surface area (Å²) in [5.74, 6) is 0.542. The fourth-order valence-corrected chi connectivity index (χ4v) is 1.09. The Balaban J connectivity index is 2.42. The summed E-state index contributed by atoms with van der Waals surface area (Å²) in [6.07, 6.45) is 3.61. The first-order chi connectivity index (χ1) is 4.72. The summed E-state index contributed by atoms with van der Waals surface area (Å²) in [6.45, 7) is 0. The summed E-state index contributed by atoms with van der Waals surface area (Å²) in [7, 11) is 0. The Morgan fingerprint density at radius 2 is 2.30 bits per heavy atom. The summed E-state index contributed by atoms with van der Waals surface area (Å²) >= 11 is 0. The molecule has 54 valence electrons. The van der Waals surface area contributed by atoms with Gasteiger partial charge in [-0.1, -0.05) is 0 Å². The van der Waals surface area contributed by atoms with Crippen LogP contribution in [-0.4, -0.2) is 9.97 Å². The van der Waals surface area contributed by atoms with Crippen LogP contribution in [0.15, 0.2) is 6.33 Å². The summed E-state index contributed by atoms with van der Waals surface area (Å²) in [5, 5.41) is 0. The van der Waals surface area contributed by atoms with Crippen molar-refractivity contribution in [2.45, 2.75) is 18.4 Å². The van der Waals surface area contributed by atoms with Gasteiger partial charge >= 0.3 is 0 Å². The highest BCUT2D eigenvalue weighted by molar-refractivity contribution is 5.41. The molecule has 10 heavy (non-hydrogen) atoms. The van der Waals surface area contributed by atoms with Crippen molar-refractivity contribution in [3.8, 4) is 0 Å². The van der Waals surface area contributed by atoms with Crippen molar-refractivity contribution in [3.05, 3.63) is 12.0 Å². The molecule has 4 nitrogen and oxygen atoms in total. The Bertz CT molecular complexity index is 248. The molecule has 1 aliphatic carbocycles. The molecule has 2 rings (SSSR count). The number of nitrogens with two attached hydrogens (primary N) is 2. The number of hydrogen-bond donors (Lipinski definition) is 3. The monoisotopic (exact) mass is 138 g/mol. The van der Waals surface area contributed by atoms with Crippen molar-refractivity contribution in [2.24, 2.45) is 5.73 Å². The van der Waals surface area contributed by atoms with Crippen molar-refractivity contribution in [1.29, 1.82) is 0 Å². The molecule has 0 unspecified atom stereocenters. The molecule has 0 bridgehead atoms. The molecule has 1 fully saturated rings. The number of anilines is 1. The summed E-state index contributed by atoms with van der Waals surface area (Å²) < 4.78 is 0. The van der Waals surface area contributed by atoms with Crippen LogP contribution in [0.2, 0.25) is 0 Å². The van der Waals surface area contributed by atoms with E-state index >= 15 is 0 Å². The van der Waals surface area contributed by atoms with Gasteiger partial charge in [-0.2, -0.15) is 0 Å². The minimum absolute atomic E-state index is 0.180. The smallest absolute Gasteiger partial charge is 0.146 e. The van der Waals surface area contributed by atoms with Gasteiger partial charge < -0.3 is 16.5 Å². The van der Waals surface area contributed by atoms with E-state index in [1.807, 2.05) is 0 Å². The highest BCUT2D eigenvalue weighted by Gasteiger charge is 2.42. The Morgan fingerprint density at radius 1 is 1.60 bits per heavy atom. The molecule has 1 aromatic rings. The van der Waals surface area contributed by atoms with E-state index < -0.39 is 0 Å². The zero-order valence-electron chi connectivity index (χ0n) is 5.59. The number of nitrogen functional groups attached to an aromatic ring is 1. The van der Waals surface area contributed by atoms with E-state index in [9.17, 15) is 0 Å². The molecule has 1 aliphatic rings. The standard InChI is InChI=1S/C6H10N4/c7-5-4(9-3-10-5)6(8)1-2-6/h3H,1-2,7-8H2,(H,9,10). The number of aromatic amines is 1. The third kappa shape index (κ3) is 0.623. The van der Waals surface area contributed by atoms with E-state index in [-0.39, 0.29) is 5.54 Å². The van der Waals surface area contributed by atoms with Gasteiger partial charge in [0.1, 0.15) is 5.82 Å². The Morgan fingerprint density at radius 3 is 2.70 bits per heavy atom. The first-order valence-corrected chi connectivity index (χ1v) is 3.30. The zero-order valence-corrected chi connectivity index (χ0v) is 5.59. The van der Waals surface area contributed by atoms with Crippen LogP contribution < -0.4 is 11.5 Å². The van der Waals surface area contributed by atoms with Crippen LogP contribution in [0.5, 0.6) is 0 Å². The number of nitrogens with zero attached hydrogens (tertiary/aromatic N) is 1. The minimum Gasteiger partial charge on any atom is -0.382 e. The second kappa shape index (κ2) is 1.52. The van der Waals surface area contributed by atoms with E-state index in [1.165, 1.54) is 0 Å². The van der Waals surface area contributed by atoms with Crippen molar-refractivity contribution >= 4 is 5.82 Å². The predicted octanol–water partition coefficient (Wildman–Crippen LogP) is -0.0603. The van der Waals surface area contributed by atoms with Crippen LogP contribution in [0.25, 0.3) is 0 Å². The molecule has 0 radical (unpaired) electrons. The van der Waals surface area contributed by atoms with Gasteiger partial charge in [0.2, 0.25) is 0 Å². The Labute approximate surface area is 58.6 Å². The van der Waals surface area contributed by atoms with E-state index in [1.54, 1.807) is 6.33 Å². The maximum absolute atomic E-state index is 5.86. The molecule has 1 saturated carbocycles. The lowest BCUT2D eigenvalue weighted by molar-refractivity contribution is 0.717. The third-order valence-electron chi connectivity index (χ3n) is 1.96. The number of H-pyrrole nitrogens is 1. The highest BCUT2D eigenvalue weighted by atomic mass is 15.0. The second-order valence-corrected chi connectivity index (χ2v) is 2.82. The van der Waals surface area contributed by atoms with Gasteiger partial charge in [0, 0.05) is 0 Å². The van der Waals surface area contributed by atoms with Crippen molar-refractivity contribution in [2.75, 3.05) is 5.73 Å². The zero-order chi connectivity index (χ0) is 7.19. The molecule has 0 atom stereocenters. The fourth-order valence-electron chi connectivity index (χ4n) is 1.09. The number of rotatable bonds is 1. The highest BCUT2D eigenvalue weighted by Crippen LogP contribution is 2.43. The van der Waals surface area contributed by atoms with Gasteiger partial charge in [-0.3, -0.25) is 0 Å². The van der Waals surface area contributed by atoms with Gasteiger partial charge in [0.05, 0.1) is 17.6 Å². The van der Waals surface area contributed by atoms with Crippen molar-refractivity contribution in [1.82, 2.24) is 9.97 Å². The van der Waals surface area contributed by atoms with Crippen molar-refractivity contribution < 1.29 is 0 Å². The summed E-state index contributed by atoms with van der Waals surface area (Å²) in [5.41, 5.74) is 12.1. The van der Waals surface area contributed by atoms with Gasteiger partial charge in [-0.15, -0.1) is 0 Å². The maximum atomic E-state index is 5.86. The maximum Gasteiger partial charge on any atom is 0.146 e. The molecular formula is C6H10N4. The lowest BCUT2D eigenvalue weighted by Crippen LogP contribution is -2.20. The minimum atomic E-state index is -0.180. The summed E-state index contributed by atoms with van der Waals surface area (Å²) in [6, 6.07) is 0. The van der Waals surface area contributed by atoms with E-state index in [2.05, 4.69) is 9.97 Å². The van der Waals surface area contributed by atoms with Crippen LogP contribution >= 0.6 is 0 Å². The van der Waals surface area contributed by atoms with Crippen molar-refractivity contribution in [3.63, 3.8) is 0 Å². The topological polar surface area (TPSA) is 80.7 Å². The Hall–Kier alpha value is -1.03. The molecule has 4 heteroatoms. The molecule has 5 N–H and O–H groups in total. The predicted molar refractivity (Wildman–Crippen MR) is 38.1 cm³/mol. The van der Waals surface area contributed by atoms with Crippen LogP contribution in [0.1, 0.15) is 18.5 Å². The molecular weight excluding hydrogens is 128 g/mol. The number of imidazole rings is 1. The molecule has 0 saturated heterocycles. The van der Waals surface area contributed by atoms with Gasteiger partial charge in [-0.05, 0) is 12.8 Å². The lowest BCUT2D eigenvalue weighted by Gasteiger charge is -2.04. The quantitative estimate of drug-likeness (QED) is 0.508. The largest absolute Gasteiger partial charge is 0.382 e. The molecule has 1 aromatic heterocycles. The number of nitrogens with one attached hydrogen (secondary N) is 1. The van der Waals surface area contributed by atoms with E-state index in [0.717, 1.165) is 18.5 Å². The van der Waals surface area contributed by atoms with Gasteiger partial charge in [0.15, 0.2) is 0 Å². The average molecular weight is 138 g/mol. The van der Waals surface area contributed by atoms with Crippen LogP contribution in [0.4, 0.5) is 5.82 Å². The first kappa shape index (κ1) is 5.73. The normalized spacial score (nSPS) is 20.9. The van der Waals surface area contributed by atoms with Crippen LogP contribution in [0, 0.1) is 0 Å². The lowest BCUT2D eigenvalue weighted by atomic mass is 10.2. The average Bonchev–Trinajstić information content (AvgIpc) is 2.44. The van der Waals surface area contributed by atoms with E-state index in [4.69, 9.17) is 11.5 Å². The number of hydrogen-bond acceptors (Lipinski definition) is 3. The molecule has 0 spiro atoms. The molecule has 1 heterocycles. The van der Waals surface area contributed by atoms with Gasteiger partial charge in [0.25, 0.3) is 0 Å². The molecule has 0 aromatic carbocycles. The van der Waals surface area contributed by atoms with E-state index in [0.29, 0.717) is 5.82 Å². The molecule has 0 aliphatic heterocycles. The summed E-state index contributed by atoms with van der Waals surface area (Å²) in [4.78, 5) is 6.81. The first-order valence-electron chi connectivity index (χ1n) is 3.30. The number of aromatic nitrogens is 2.